The molecule has 0 aliphatic heterocycles. The van der Waals surface area contributed by atoms with Crippen LogP contribution in [0.25, 0.3) is 5.65 Å². The lowest BCUT2D eigenvalue weighted by Gasteiger charge is -2.19. The molecule has 0 aliphatic rings. The molecule has 2 rings (SSSR count). The van der Waals surface area contributed by atoms with Gasteiger partial charge >= 0.3 is 0 Å². The molecule has 0 radical (unpaired) electrons. The number of hydrogen-bond donors (Lipinski definition) is 1. The fraction of sp³-hybridized carbons (Fsp3) is 0.625. The van der Waals surface area contributed by atoms with Gasteiger partial charge in [0.2, 0.25) is 5.91 Å². The largest absolute Gasteiger partial charge is 0.356 e. The molecular formula is C16H26N6O. The zero-order valence-corrected chi connectivity index (χ0v) is 14.4. The average Bonchev–Trinajstić information content (AvgIpc) is 2.96. The molecule has 0 aliphatic carbocycles. The highest BCUT2D eigenvalue weighted by Crippen LogP contribution is 2.12. The summed E-state index contributed by atoms with van der Waals surface area (Å²) in [6, 6.07) is 4.07. The van der Waals surface area contributed by atoms with Gasteiger partial charge in [0.15, 0.2) is 11.5 Å². The highest BCUT2D eigenvalue weighted by atomic mass is 16.1. The van der Waals surface area contributed by atoms with Crippen molar-refractivity contribution in [3.8, 4) is 0 Å². The Morgan fingerprint density at radius 2 is 2.00 bits per heavy atom. The fourth-order valence-corrected chi connectivity index (χ4v) is 2.37. The first-order valence-electron chi connectivity index (χ1n) is 8.34. The van der Waals surface area contributed by atoms with Crippen LogP contribution in [-0.4, -0.2) is 44.8 Å². The number of amides is 1. The lowest BCUT2D eigenvalue weighted by atomic mass is 10.2. The molecule has 0 bridgehead atoms. The second-order valence-electron chi connectivity index (χ2n) is 5.63. The number of aryl methyl sites for hydroxylation is 1. The summed E-state index contributed by atoms with van der Waals surface area (Å²) in [4.78, 5) is 14.1. The van der Waals surface area contributed by atoms with Gasteiger partial charge in [0, 0.05) is 32.0 Å². The van der Waals surface area contributed by atoms with Crippen LogP contribution >= 0.6 is 0 Å². The highest BCUT2D eigenvalue weighted by Gasteiger charge is 2.12. The van der Waals surface area contributed by atoms with Crippen molar-refractivity contribution in [2.45, 2.75) is 53.0 Å². The van der Waals surface area contributed by atoms with Crippen LogP contribution in [-0.2, 0) is 11.2 Å². The molecule has 2 aromatic heterocycles. The number of anilines is 1. The topological polar surface area (TPSA) is 75.4 Å². The van der Waals surface area contributed by atoms with E-state index in [4.69, 9.17) is 0 Å². The quantitative estimate of drug-likeness (QED) is 0.803. The van der Waals surface area contributed by atoms with E-state index in [0.717, 1.165) is 25.3 Å². The van der Waals surface area contributed by atoms with Crippen molar-refractivity contribution in [3.05, 3.63) is 18.0 Å². The Hall–Kier alpha value is -2.18. The number of fused-ring (bicyclic) bond motifs is 1. The number of carbonyl (C=O) groups excluding carboxylic acids is 1. The van der Waals surface area contributed by atoms with E-state index in [2.05, 4.69) is 46.3 Å². The van der Waals surface area contributed by atoms with E-state index < -0.39 is 0 Å². The summed E-state index contributed by atoms with van der Waals surface area (Å²) in [5.74, 6) is 1.65. The zero-order valence-electron chi connectivity index (χ0n) is 14.4. The van der Waals surface area contributed by atoms with E-state index in [1.54, 1.807) is 4.52 Å². The van der Waals surface area contributed by atoms with Gasteiger partial charge in [-0.1, -0.05) is 6.92 Å². The zero-order chi connectivity index (χ0) is 16.8. The van der Waals surface area contributed by atoms with Crippen LogP contribution in [0.3, 0.4) is 0 Å². The lowest BCUT2D eigenvalue weighted by molar-refractivity contribution is -0.121. The first-order chi connectivity index (χ1) is 11.1. The van der Waals surface area contributed by atoms with Crippen LogP contribution in [0.2, 0.25) is 0 Å². The molecule has 2 heterocycles. The fourth-order valence-electron chi connectivity index (χ4n) is 2.37. The highest BCUT2D eigenvalue weighted by molar-refractivity contribution is 5.76. The second-order valence-corrected chi connectivity index (χ2v) is 5.63. The van der Waals surface area contributed by atoms with Crippen molar-refractivity contribution < 1.29 is 4.79 Å². The minimum atomic E-state index is 0.0380. The number of hydrogen-bond acceptors (Lipinski definition) is 5. The van der Waals surface area contributed by atoms with Gasteiger partial charge in [-0.3, -0.25) is 4.79 Å². The van der Waals surface area contributed by atoms with E-state index in [1.165, 1.54) is 0 Å². The second kappa shape index (κ2) is 7.89. The Balaban J connectivity index is 2.11. The average molecular weight is 318 g/mol. The van der Waals surface area contributed by atoms with Crippen molar-refractivity contribution >= 4 is 17.4 Å². The predicted octanol–water partition coefficient (Wildman–Crippen LogP) is 1.82. The SMILES string of the molecule is CC[C@@H](C)NC(=O)CCc1nnc2ccc(N(CC)CC)nn12. The lowest BCUT2D eigenvalue weighted by Crippen LogP contribution is -2.32. The summed E-state index contributed by atoms with van der Waals surface area (Å²) in [5, 5.41) is 15.9. The predicted molar refractivity (Wildman–Crippen MR) is 90.6 cm³/mol. The summed E-state index contributed by atoms with van der Waals surface area (Å²) in [6.45, 7) is 10.0. The molecule has 2 aromatic rings. The molecule has 1 amide bonds. The van der Waals surface area contributed by atoms with Crippen molar-refractivity contribution in [1.29, 1.82) is 0 Å². The Kier molecular flexibility index (Phi) is 5.90. The van der Waals surface area contributed by atoms with Crippen molar-refractivity contribution in [2.75, 3.05) is 18.0 Å². The van der Waals surface area contributed by atoms with Gasteiger partial charge in [-0.05, 0) is 39.3 Å². The standard InChI is InChI=1S/C16H26N6O/c1-5-12(4)17-16(23)11-10-14-19-18-13-8-9-15(20-22(13)14)21(6-2)7-3/h8-9,12H,5-7,10-11H2,1-4H3,(H,17,23)/t12-/m1/s1. The maximum atomic E-state index is 11.9. The van der Waals surface area contributed by atoms with Crippen molar-refractivity contribution in [3.63, 3.8) is 0 Å². The molecule has 0 unspecified atom stereocenters. The van der Waals surface area contributed by atoms with Crippen LogP contribution in [0.15, 0.2) is 12.1 Å². The molecule has 0 saturated carbocycles. The Morgan fingerprint density at radius 3 is 2.65 bits per heavy atom. The van der Waals surface area contributed by atoms with Crippen molar-refractivity contribution in [1.82, 2.24) is 25.1 Å². The summed E-state index contributed by atoms with van der Waals surface area (Å²) in [5.41, 5.74) is 0.707. The molecule has 1 atom stereocenters. The summed E-state index contributed by atoms with van der Waals surface area (Å²) in [7, 11) is 0. The third kappa shape index (κ3) is 4.18. The van der Waals surface area contributed by atoms with Crippen LogP contribution in [0.1, 0.15) is 46.4 Å². The van der Waals surface area contributed by atoms with Gasteiger partial charge in [-0.15, -0.1) is 15.3 Å². The van der Waals surface area contributed by atoms with Gasteiger partial charge < -0.3 is 10.2 Å². The molecule has 1 N–H and O–H groups in total. The molecule has 126 valence electrons. The van der Waals surface area contributed by atoms with E-state index in [9.17, 15) is 4.79 Å². The van der Waals surface area contributed by atoms with Gasteiger partial charge in [0.05, 0.1) is 0 Å². The number of nitrogens with zero attached hydrogens (tertiary/aromatic N) is 5. The molecule has 23 heavy (non-hydrogen) atoms. The number of aromatic nitrogens is 4. The van der Waals surface area contributed by atoms with E-state index >= 15 is 0 Å². The maximum Gasteiger partial charge on any atom is 0.220 e. The van der Waals surface area contributed by atoms with E-state index in [0.29, 0.717) is 24.3 Å². The molecule has 0 saturated heterocycles. The summed E-state index contributed by atoms with van der Waals surface area (Å²) in [6.07, 6.45) is 1.84. The van der Waals surface area contributed by atoms with Crippen LogP contribution in [0.5, 0.6) is 0 Å². The third-order valence-electron chi connectivity index (χ3n) is 4.00. The van der Waals surface area contributed by atoms with Gasteiger partial charge in [0.1, 0.15) is 5.82 Å². The summed E-state index contributed by atoms with van der Waals surface area (Å²) >= 11 is 0. The van der Waals surface area contributed by atoms with Crippen LogP contribution in [0, 0.1) is 0 Å². The Morgan fingerprint density at radius 1 is 1.26 bits per heavy atom. The molecule has 0 aromatic carbocycles. The minimum absolute atomic E-state index is 0.0380. The van der Waals surface area contributed by atoms with Gasteiger partial charge in [-0.2, -0.15) is 4.52 Å². The van der Waals surface area contributed by atoms with Gasteiger partial charge in [-0.25, -0.2) is 0 Å². The van der Waals surface area contributed by atoms with Gasteiger partial charge in [0.25, 0.3) is 0 Å². The van der Waals surface area contributed by atoms with Crippen LogP contribution < -0.4 is 10.2 Å². The maximum absolute atomic E-state index is 11.9. The molecule has 0 spiro atoms. The number of rotatable bonds is 8. The third-order valence-corrected chi connectivity index (χ3v) is 4.00. The Labute approximate surface area is 137 Å². The van der Waals surface area contributed by atoms with E-state index in [1.807, 2.05) is 19.1 Å². The minimum Gasteiger partial charge on any atom is -0.356 e. The van der Waals surface area contributed by atoms with Crippen molar-refractivity contribution in [2.24, 2.45) is 0 Å². The monoisotopic (exact) mass is 318 g/mol. The summed E-state index contributed by atoms with van der Waals surface area (Å²) < 4.78 is 1.74. The van der Waals surface area contributed by atoms with E-state index in [-0.39, 0.29) is 11.9 Å². The molecule has 7 nitrogen and oxygen atoms in total. The smallest absolute Gasteiger partial charge is 0.220 e. The Bertz CT molecular complexity index is 649. The normalized spacial score (nSPS) is 12.3. The first kappa shape index (κ1) is 17.2. The molecular weight excluding hydrogens is 292 g/mol. The molecule has 7 heteroatoms. The number of carbonyl (C=O) groups is 1. The van der Waals surface area contributed by atoms with Crippen LogP contribution in [0.4, 0.5) is 5.82 Å². The number of nitrogens with one attached hydrogen (secondary N) is 1. The first-order valence-corrected chi connectivity index (χ1v) is 8.34. The molecule has 0 fully saturated rings.